The number of nitrogens with one attached hydrogen (secondary N) is 1. The minimum absolute atomic E-state index is 0.142. The summed E-state index contributed by atoms with van der Waals surface area (Å²) in [5.74, 6) is 1.18. The van der Waals surface area contributed by atoms with Gasteiger partial charge in [-0.25, -0.2) is 4.79 Å². The van der Waals surface area contributed by atoms with E-state index in [0.29, 0.717) is 18.9 Å². The molecular formula is C17H24N2O3S. The van der Waals surface area contributed by atoms with E-state index in [2.05, 4.69) is 17.9 Å². The van der Waals surface area contributed by atoms with Crippen LogP contribution >= 0.6 is 12.6 Å². The van der Waals surface area contributed by atoms with Crippen LogP contribution in [0.3, 0.4) is 0 Å². The Morgan fingerprint density at radius 3 is 2.52 bits per heavy atom. The molecule has 0 spiro atoms. The molecule has 0 radical (unpaired) electrons. The highest BCUT2D eigenvalue weighted by Crippen LogP contribution is 2.25. The van der Waals surface area contributed by atoms with Gasteiger partial charge >= 0.3 is 6.09 Å². The molecule has 1 saturated heterocycles. The fourth-order valence-electron chi connectivity index (χ4n) is 2.44. The Labute approximate surface area is 142 Å². The summed E-state index contributed by atoms with van der Waals surface area (Å²) in [6, 6.07) is 7.64. The van der Waals surface area contributed by atoms with Crippen LogP contribution in [0.1, 0.15) is 32.8 Å². The number of thiol groups is 1. The number of carbonyl (C=O) groups excluding carboxylic acids is 2. The second-order valence-corrected chi connectivity index (χ2v) is 7.14. The molecule has 1 aromatic carbocycles. The van der Waals surface area contributed by atoms with Gasteiger partial charge < -0.3 is 15.0 Å². The summed E-state index contributed by atoms with van der Waals surface area (Å²) in [5, 5.41) is 2.72. The Morgan fingerprint density at radius 1 is 1.35 bits per heavy atom. The molecule has 1 unspecified atom stereocenters. The Bertz CT molecular complexity index is 566. The van der Waals surface area contributed by atoms with E-state index in [1.807, 2.05) is 45.0 Å². The summed E-state index contributed by atoms with van der Waals surface area (Å²) in [4.78, 5) is 25.4. The van der Waals surface area contributed by atoms with Crippen LogP contribution in [0.2, 0.25) is 0 Å². The van der Waals surface area contributed by atoms with Crippen LogP contribution in [0.15, 0.2) is 24.3 Å². The van der Waals surface area contributed by atoms with E-state index < -0.39 is 11.7 Å². The molecule has 1 aliphatic rings. The first-order valence-electron chi connectivity index (χ1n) is 7.75. The first-order chi connectivity index (χ1) is 10.8. The van der Waals surface area contributed by atoms with Crippen molar-refractivity contribution >= 4 is 30.3 Å². The second-order valence-electron chi connectivity index (χ2n) is 6.78. The summed E-state index contributed by atoms with van der Waals surface area (Å²) in [5.41, 5.74) is 1.34. The molecule has 0 saturated carbocycles. The number of anilines is 1. The lowest BCUT2D eigenvalue weighted by molar-refractivity contribution is -0.117. The predicted octanol–water partition coefficient (Wildman–Crippen LogP) is 2.99. The molecule has 1 aromatic rings. The average Bonchev–Trinajstić information content (AvgIpc) is 2.85. The van der Waals surface area contributed by atoms with Gasteiger partial charge in [-0.05, 0) is 50.1 Å². The lowest BCUT2D eigenvalue weighted by Crippen LogP contribution is -2.32. The van der Waals surface area contributed by atoms with Gasteiger partial charge in [0, 0.05) is 25.2 Å². The molecule has 0 bridgehead atoms. The van der Waals surface area contributed by atoms with Crippen LogP contribution in [0, 0.1) is 5.92 Å². The molecule has 1 aliphatic heterocycles. The number of amides is 2. The molecule has 1 atom stereocenters. The smallest absolute Gasteiger partial charge is 0.407 e. The molecule has 1 N–H and O–H groups in total. The Balaban J connectivity index is 1.90. The van der Waals surface area contributed by atoms with Crippen molar-refractivity contribution in [2.45, 2.75) is 39.3 Å². The minimum atomic E-state index is -0.506. The largest absolute Gasteiger partial charge is 0.444 e. The van der Waals surface area contributed by atoms with Gasteiger partial charge in [-0.1, -0.05) is 12.1 Å². The third-order valence-electron chi connectivity index (χ3n) is 3.55. The van der Waals surface area contributed by atoms with E-state index in [1.165, 1.54) is 0 Å². The normalized spacial score (nSPS) is 18.2. The highest BCUT2D eigenvalue weighted by atomic mass is 32.1. The number of hydrogen-bond acceptors (Lipinski definition) is 4. The number of benzene rings is 1. The summed E-state index contributed by atoms with van der Waals surface area (Å²) in [7, 11) is 0. The number of hydrogen-bond donors (Lipinski definition) is 2. The maximum Gasteiger partial charge on any atom is 0.407 e. The lowest BCUT2D eigenvalue weighted by Gasteiger charge is -2.20. The van der Waals surface area contributed by atoms with Crippen LogP contribution in [0.5, 0.6) is 0 Å². The quantitative estimate of drug-likeness (QED) is 0.831. The monoisotopic (exact) mass is 336 g/mol. The van der Waals surface area contributed by atoms with Gasteiger partial charge in [0.1, 0.15) is 5.60 Å². The number of ether oxygens (including phenoxy) is 1. The third kappa shape index (κ3) is 5.16. The molecule has 0 aliphatic carbocycles. The second kappa shape index (κ2) is 7.25. The zero-order valence-electron chi connectivity index (χ0n) is 13.8. The van der Waals surface area contributed by atoms with E-state index in [-0.39, 0.29) is 5.91 Å². The van der Waals surface area contributed by atoms with E-state index in [9.17, 15) is 9.59 Å². The first-order valence-corrected chi connectivity index (χ1v) is 8.39. The standard InChI is InChI=1S/C17H24N2O3S/c1-17(2,3)22-16(21)18-9-12-4-6-14(7-5-12)19-10-13(11-23)8-15(19)20/h4-7,13,23H,8-11H2,1-3H3,(H,18,21). The Hall–Kier alpha value is -1.69. The minimum Gasteiger partial charge on any atom is -0.444 e. The van der Waals surface area contributed by atoms with Crippen molar-refractivity contribution in [3.63, 3.8) is 0 Å². The van der Waals surface area contributed by atoms with E-state index in [1.54, 1.807) is 4.90 Å². The predicted molar refractivity (Wildman–Crippen MR) is 93.8 cm³/mol. The highest BCUT2D eigenvalue weighted by molar-refractivity contribution is 7.80. The molecular weight excluding hydrogens is 312 g/mol. The van der Waals surface area contributed by atoms with E-state index >= 15 is 0 Å². The molecule has 126 valence electrons. The fraction of sp³-hybridized carbons (Fsp3) is 0.529. The van der Waals surface area contributed by atoms with Crippen molar-refractivity contribution in [3.8, 4) is 0 Å². The maximum absolute atomic E-state index is 12.0. The molecule has 2 rings (SSSR count). The number of alkyl carbamates (subject to hydrolysis) is 1. The zero-order valence-corrected chi connectivity index (χ0v) is 14.7. The Morgan fingerprint density at radius 2 is 2.00 bits per heavy atom. The van der Waals surface area contributed by atoms with Crippen LogP contribution < -0.4 is 10.2 Å². The SMILES string of the molecule is CC(C)(C)OC(=O)NCc1ccc(N2CC(CS)CC2=O)cc1. The Kier molecular flexibility index (Phi) is 5.57. The molecule has 6 heteroatoms. The number of carbonyl (C=O) groups is 2. The number of rotatable bonds is 4. The summed E-state index contributed by atoms with van der Waals surface area (Å²) >= 11 is 4.27. The molecule has 0 aromatic heterocycles. The van der Waals surface area contributed by atoms with Gasteiger partial charge in [-0.3, -0.25) is 4.79 Å². The van der Waals surface area contributed by atoms with Gasteiger partial charge in [-0.15, -0.1) is 0 Å². The van der Waals surface area contributed by atoms with Crippen molar-refractivity contribution in [3.05, 3.63) is 29.8 Å². The topological polar surface area (TPSA) is 58.6 Å². The van der Waals surface area contributed by atoms with Crippen LogP contribution in [-0.2, 0) is 16.1 Å². The summed E-state index contributed by atoms with van der Waals surface area (Å²) < 4.78 is 5.19. The van der Waals surface area contributed by atoms with E-state index in [4.69, 9.17) is 4.74 Å². The molecule has 1 fully saturated rings. The van der Waals surface area contributed by atoms with Crippen molar-refractivity contribution in [1.29, 1.82) is 0 Å². The van der Waals surface area contributed by atoms with Crippen molar-refractivity contribution in [2.75, 3.05) is 17.2 Å². The van der Waals surface area contributed by atoms with Crippen molar-refractivity contribution in [1.82, 2.24) is 5.32 Å². The van der Waals surface area contributed by atoms with Crippen LogP contribution in [-0.4, -0.2) is 29.9 Å². The van der Waals surface area contributed by atoms with Gasteiger partial charge in [0.25, 0.3) is 0 Å². The van der Waals surface area contributed by atoms with Crippen LogP contribution in [0.25, 0.3) is 0 Å². The van der Waals surface area contributed by atoms with Gasteiger partial charge in [0.15, 0.2) is 0 Å². The summed E-state index contributed by atoms with van der Waals surface area (Å²) in [6.07, 6.45) is 0.124. The molecule has 2 amide bonds. The fourth-order valence-corrected chi connectivity index (χ4v) is 2.68. The maximum atomic E-state index is 12.0. The van der Waals surface area contributed by atoms with Gasteiger partial charge in [0.05, 0.1) is 0 Å². The highest BCUT2D eigenvalue weighted by Gasteiger charge is 2.29. The summed E-state index contributed by atoms with van der Waals surface area (Å²) in [6.45, 7) is 6.59. The molecule has 23 heavy (non-hydrogen) atoms. The number of nitrogens with zero attached hydrogens (tertiary/aromatic N) is 1. The van der Waals surface area contributed by atoms with Gasteiger partial charge in [-0.2, -0.15) is 12.6 Å². The molecule has 5 nitrogen and oxygen atoms in total. The average molecular weight is 336 g/mol. The third-order valence-corrected chi connectivity index (χ3v) is 4.06. The van der Waals surface area contributed by atoms with E-state index in [0.717, 1.165) is 23.5 Å². The molecule has 1 heterocycles. The first kappa shape index (κ1) is 17.7. The van der Waals surface area contributed by atoms with Gasteiger partial charge in [0.2, 0.25) is 5.91 Å². The zero-order chi connectivity index (χ0) is 17.0. The lowest BCUT2D eigenvalue weighted by atomic mass is 10.1. The van der Waals surface area contributed by atoms with Crippen LogP contribution in [0.4, 0.5) is 10.5 Å². The van der Waals surface area contributed by atoms with Crippen molar-refractivity contribution in [2.24, 2.45) is 5.92 Å². The van der Waals surface area contributed by atoms with Crippen molar-refractivity contribution < 1.29 is 14.3 Å².